The Morgan fingerprint density at radius 2 is 2.18 bits per heavy atom. The van der Waals surface area contributed by atoms with Gasteiger partial charge in [0.05, 0.1) is 17.8 Å². The topological polar surface area (TPSA) is 38.1 Å². The summed E-state index contributed by atoms with van der Waals surface area (Å²) in [5.41, 5.74) is 1.42. The molecule has 5 heteroatoms. The molecule has 0 aliphatic rings. The molecule has 0 saturated heterocycles. The number of ketones is 1. The average Bonchev–Trinajstić information content (AvgIpc) is 2.55. The predicted octanol–water partition coefficient (Wildman–Crippen LogP) is 2.25. The molecule has 94 valence electrons. The Morgan fingerprint density at radius 3 is 2.71 bits per heavy atom. The molecule has 0 spiro atoms. The summed E-state index contributed by atoms with van der Waals surface area (Å²) in [7, 11) is 3.95. The van der Waals surface area contributed by atoms with Crippen molar-refractivity contribution in [2.75, 3.05) is 20.6 Å². The maximum Gasteiger partial charge on any atom is 0.205 e. The summed E-state index contributed by atoms with van der Waals surface area (Å²) in [6.45, 7) is 5.23. The Balaban J connectivity index is 2.94. The molecule has 0 bridgehead atoms. The molecule has 0 fully saturated rings. The lowest BCUT2D eigenvalue weighted by atomic mass is 10.2. The Bertz CT molecular complexity index is 431. The zero-order chi connectivity index (χ0) is 13.0. The highest BCUT2D eigenvalue weighted by Crippen LogP contribution is 2.16. The second kappa shape index (κ2) is 5.98. The van der Waals surface area contributed by atoms with Crippen molar-refractivity contribution >= 4 is 17.4 Å². The van der Waals surface area contributed by atoms with E-state index in [-0.39, 0.29) is 5.78 Å². The van der Waals surface area contributed by atoms with Crippen molar-refractivity contribution in [3.8, 4) is 0 Å². The van der Waals surface area contributed by atoms with Gasteiger partial charge in [-0.1, -0.05) is 17.2 Å². The molecule has 17 heavy (non-hydrogen) atoms. The van der Waals surface area contributed by atoms with E-state index in [1.807, 2.05) is 32.8 Å². The van der Waals surface area contributed by atoms with Gasteiger partial charge in [-0.2, -0.15) is 5.10 Å². The van der Waals surface area contributed by atoms with Crippen LogP contribution in [0.15, 0.2) is 17.8 Å². The van der Waals surface area contributed by atoms with E-state index in [2.05, 4.69) is 5.10 Å². The van der Waals surface area contributed by atoms with Crippen LogP contribution in [-0.4, -0.2) is 41.1 Å². The third-order valence-corrected chi connectivity index (χ3v) is 2.48. The quantitative estimate of drug-likeness (QED) is 0.598. The van der Waals surface area contributed by atoms with Gasteiger partial charge in [-0.25, -0.2) is 0 Å². The van der Waals surface area contributed by atoms with Gasteiger partial charge >= 0.3 is 0 Å². The number of nitrogens with zero attached hydrogens (tertiary/aromatic N) is 3. The van der Waals surface area contributed by atoms with Crippen LogP contribution in [0.1, 0.15) is 24.3 Å². The van der Waals surface area contributed by atoms with Gasteiger partial charge in [0.1, 0.15) is 5.69 Å². The lowest BCUT2D eigenvalue weighted by molar-refractivity contribution is 0.103. The molecule has 0 aromatic carbocycles. The monoisotopic (exact) mass is 255 g/mol. The van der Waals surface area contributed by atoms with Gasteiger partial charge in [0.15, 0.2) is 0 Å². The zero-order valence-corrected chi connectivity index (χ0v) is 11.5. The number of carbonyl (C=O) groups is 1. The molecule has 1 heterocycles. The lowest BCUT2D eigenvalue weighted by Gasteiger charge is -2.11. The molecule has 1 rings (SSSR count). The van der Waals surface area contributed by atoms with Crippen LogP contribution in [0.5, 0.6) is 0 Å². The molecule has 1 aromatic heterocycles. The van der Waals surface area contributed by atoms with Crippen molar-refractivity contribution in [3.63, 3.8) is 0 Å². The van der Waals surface area contributed by atoms with Crippen LogP contribution in [0.4, 0.5) is 0 Å². The van der Waals surface area contributed by atoms with Crippen molar-refractivity contribution in [3.05, 3.63) is 28.6 Å². The minimum atomic E-state index is -0.0914. The second-order valence-corrected chi connectivity index (χ2v) is 4.86. The highest BCUT2D eigenvalue weighted by atomic mass is 35.5. The molecule has 0 aliphatic carbocycles. The third-order valence-electron chi connectivity index (χ3n) is 2.21. The first kappa shape index (κ1) is 13.9. The predicted molar refractivity (Wildman–Crippen MR) is 69.6 cm³/mol. The first-order valence-electron chi connectivity index (χ1n) is 5.47. The summed E-state index contributed by atoms with van der Waals surface area (Å²) >= 11 is 5.99. The molecule has 0 atom stereocenters. The van der Waals surface area contributed by atoms with Crippen molar-refractivity contribution in [1.82, 2.24) is 14.7 Å². The molecule has 0 amide bonds. The molecule has 0 N–H and O–H groups in total. The summed E-state index contributed by atoms with van der Waals surface area (Å²) < 4.78 is 1.66. The molecular formula is C12H18ClN3O. The van der Waals surface area contributed by atoms with E-state index in [0.717, 1.165) is 12.1 Å². The number of hydrogen-bond donors (Lipinski definition) is 0. The van der Waals surface area contributed by atoms with E-state index in [1.54, 1.807) is 10.8 Å². The van der Waals surface area contributed by atoms with Gasteiger partial charge in [0.25, 0.3) is 0 Å². The molecule has 0 unspecified atom stereocenters. The molecule has 0 radical (unpaired) electrons. The van der Waals surface area contributed by atoms with E-state index in [9.17, 15) is 4.79 Å². The lowest BCUT2D eigenvalue weighted by Crippen LogP contribution is -2.21. The van der Waals surface area contributed by atoms with Crippen LogP contribution in [0.3, 0.4) is 0 Å². The molecule has 4 nitrogen and oxygen atoms in total. The molecule has 0 aliphatic heterocycles. The third kappa shape index (κ3) is 3.98. The first-order chi connectivity index (χ1) is 7.91. The number of likely N-dealkylation sites (N-methyl/N-ethyl adjacent to an activating group) is 1. The van der Waals surface area contributed by atoms with Crippen LogP contribution >= 0.6 is 11.6 Å². The average molecular weight is 256 g/mol. The van der Waals surface area contributed by atoms with E-state index in [0.29, 0.717) is 17.3 Å². The van der Waals surface area contributed by atoms with Gasteiger partial charge in [-0.05, 0) is 34.0 Å². The second-order valence-electron chi connectivity index (χ2n) is 4.45. The number of rotatable bonds is 5. The fraction of sp³-hybridized carbons (Fsp3) is 0.500. The molecule has 1 aromatic rings. The Labute approximate surface area is 107 Å². The maximum atomic E-state index is 12.0. The van der Waals surface area contributed by atoms with Gasteiger partial charge in [0, 0.05) is 6.54 Å². The molecule has 0 saturated carbocycles. The zero-order valence-electron chi connectivity index (χ0n) is 10.7. The van der Waals surface area contributed by atoms with Gasteiger partial charge < -0.3 is 4.90 Å². The number of hydrogen-bond acceptors (Lipinski definition) is 3. The van der Waals surface area contributed by atoms with Gasteiger partial charge in [-0.15, -0.1) is 0 Å². The van der Waals surface area contributed by atoms with Crippen LogP contribution < -0.4 is 0 Å². The smallest absolute Gasteiger partial charge is 0.205 e. The van der Waals surface area contributed by atoms with Gasteiger partial charge in [0.2, 0.25) is 5.78 Å². The normalized spacial score (nSPS) is 10.7. The standard InChI is InChI=1S/C12H18ClN3O/c1-9(2)7-11(17)12-10(13)8-14-16(12)6-5-15(3)4/h7-8H,5-6H2,1-4H3. The van der Waals surface area contributed by atoms with Crippen molar-refractivity contribution in [1.29, 1.82) is 0 Å². The number of carbonyl (C=O) groups excluding carboxylic acids is 1. The minimum absolute atomic E-state index is 0.0914. The van der Waals surface area contributed by atoms with E-state index < -0.39 is 0 Å². The van der Waals surface area contributed by atoms with Crippen LogP contribution in [0, 0.1) is 0 Å². The van der Waals surface area contributed by atoms with E-state index in [4.69, 9.17) is 11.6 Å². The number of aromatic nitrogens is 2. The van der Waals surface area contributed by atoms with Crippen molar-refractivity contribution in [2.24, 2.45) is 0 Å². The Hall–Kier alpha value is -1.13. The summed E-state index contributed by atoms with van der Waals surface area (Å²) in [6, 6.07) is 0. The fourth-order valence-electron chi connectivity index (χ4n) is 1.40. The van der Waals surface area contributed by atoms with Crippen LogP contribution in [0.2, 0.25) is 5.02 Å². The maximum absolute atomic E-state index is 12.0. The van der Waals surface area contributed by atoms with Crippen LogP contribution in [-0.2, 0) is 6.54 Å². The highest BCUT2D eigenvalue weighted by Gasteiger charge is 2.15. The first-order valence-corrected chi connectivity index (χ1v) is 5.85. The molecular weight excluding hydrogens is 238 g/mol. The Kier molecular flexibility index (Phi) is 4.90. The van der Waals surface area contributed by atoms with Crippen molar-refractivity contribution < 1.29 is 4.79 Å². The summed E-state index contributed by atoms with van der Waals surface area (Å²) in [5, 5.41) is 4.53. The summed E-state index contributed by atoms with van der Waals surface area (Å²) in [5.74, 6) is -0.0914. The van der Waals surface area contributed by atoms with Crippen molar-refractivity contribution in [2.45, 2.75) is 20.4 Å². The number of halogens is 1. The van der Waals surface area contributed by atoms with Crippen LogP contribution in [0.25, 0.3) is 0 Å². The van der Waals surface area contributed by atoms with Gasteiger partial charge in [-0.3, -0.25) is 9.48 Å². The minimum Gasteiger partial charge on any atom is -0.308 e. The SMILES string of the molecule is CC(C)=CC(=O)c1c(Cl)cnn1CCN(C)C. The summed E-state index contributed by atoms with van der Waals surface area (Å²) in [6.07, 6.45) is 3.10. The largest absolute Gasteiger partial charge is 0.308 e. The summed E-state index contributed by atoms with van der Waals surface area (Å²) in [4.78, 5) is 14.0. The van der Waals surface area contributed by atoms with E-state index >= 15 is 0 Å². The number of allylic oxidation sites excluding steroid dienone is 2. The highest BCUT2D eigenvalue weighted by molar-refractivity contribution is 6.34. The fourth-order valence-corrected chi connectivity index (χ4v) is 1.64. The van der Waals surface area contributed by atoms with E-state index in [1.165, 1.54) is 6.20 Å². The Morgan fingerprint density at radius 1 is 1.53 bits per heavy atom.